The van der Waals surface area contributed by atoms with Gasteiger partial charge in [-0.1, -0.05) is 17.7 Å². The molecule has 0 aliphatic heterocycles. The molecule has 1 saturated carbocycles. The average molecular weight is 269 g/mol. The van der Waals surface area contributed by atoms with Gasteiger partial charge in [0.15, 0.2) is 0 Å². The van der Waals surface area contributed by atoms with Crippen LogP contribution in [-0.2, 0) is 4.79 Å². The zero-order valence-electron chi connectivity index (χ0n) is 9.57. The Labute approximate surface area is 109 Å². The van der Waals surface area contributed by atoms with Crippen molar-refractivity contribution in [3.05, 3.63) is 28.8 Å². The summed E-state index contributed by atoms with van der Waals surface area (Å²) in [5.74, 6) is -1.60. The Hall–Kier alpha value is -1.75. The molecule has 1 aliphatic carbocycles. The molecular weight excluding hydrogens is 256 g/mol. The number of rotatable bonds is 4. The van der Waals surface area contributed by atoms with Crippen molar-refractivity contribution in [3.63, 3.8) is 0 Å². The maximum absolute atomic E-state index is 11.4. The molecule has 5 nitrogen and oxygen atoms in total. The molecule has 96 valence electrons. The lowest BCUT2D eigenvalue weighted by Gasteiger charge is -2.39. The van der Waals surface area contributed by atoms with Gasteiger partial charge in [0.05, 0.1) is 10.6 Å². The topological polar surface area (TPSA) is 92.4 Å². The molecule has 0 aromatic heterocycles. The second-order valence-electron chi connectivity index (χ2n) is 4.39. The van der Waals surface area contributed by atoms with Gasteiger partial charge >= 0.3 is 5.97 Å². The molecule has 1 aromatic rings. The molecule has 0 bridgehead atoms. The molecule has 1 amide bonds. The highest BCUT2D eigenvalue weighted by molar-refractivity contribution is 6.34. The van der Waals surface area contributed by atoms with E-state index in [-0.39, 0.29) is 10.6 Å². The molecule has 0 atom stereocenters. The van der Waals surface area contributed by atoms with E-state index in [1.54, 1.807) is 18.2 Å². The number of carboxylic acids is 1. The van der Waals surface area contributed by atoms with Crippen LogP contribution in [0.2, 0.25) is 5.02 Å². The number of nitrogens with one attached hydrogen (secondary N) is 1. The van der Waals surface area contributed by atoms with E-state index < -0.39 is 17.4 Å². The number of carboxylic acid groups (broad SMARTS) is 1. The van der Waals surface area contributed by atoms with Crippen LogP contribution in [0.15, 0.2) is 18.2 Å². The fraction of sp³-hybridized carbons (Fsp3) is 0.333. The summed E-state index contributed by atoms with van der Waals surface area (Å²) >= 11 is 5.91. The van der Waals surface area contributed by atoms with Crippen LogP contribution in [0.25, 0.3) is 0 Å². The minimum Gasteiger partial charge on any atom is -0.480 e. The van der Waals surface area contributed by atoms with Crippen LogP contribution in [0.5, 0.6) is 0 Å². The lowest BCUT2D eigenvalue weighted by molar-refractivity contribution is -0.145. The molecule has 0 spiro atoms. The maximum Gasteiger partial charge on any atom is 0.329 e. The van der Waals surface area contributed by atoms with Crippen LogP contribution >= 0.6 is 11.6 Å². The predicted octanol–water partition coefficient (Wildman–Crippen LogP) is 1.86. The fourth-order valence-corrected chi connectivity index (χ4v) is 2.33. The van der Waals surface area contributed by atoms with Crippen molar-refractivity contribution in [2.24, 2.45) is 5.73 Å². The fourth-order valence-electron chi connectivity index (χ4n) is 2.06. The third-order valence-corrected chi connectivity index (χ3v) is 3.57. The SMILES string of the molecule is NC(=O)c1c(Cl)cccc1NC1(C(=O)O)CCC1. The molecule has 1 aliphatic rings. The highest BCUT2D eigenvalue weighted by Crippen LogP contribution is 2.37. The largest absolute Gasteiger partial charge is 0.480 e. The number of aliphatic carboxylic acids is 1. The molecule has 0 heterocycles. The standard InChI is InChI=1S/C12H13ClN2O3/c13-7-3-1-4-8(9(7)10(14)16)15-12(11(17)18)5-2-6-12/h1,3-4,15H,2,5-6H2,(H2,14,16)(H,17,18). The van der Waals surface area contributed by atoms with E-state index in [2.05, 4.69) is 5.32 Å². The highest BCUT2D eigenvalue weighted by Gasteiger charge is 2.44. The Balaban J connectivity index is 2.37. The van der Waals surface area contributed by atoms with Crippen molar-refractivity contribution in [1.82, 2.24) is 0 Å². The van der Waals surface area contributed by atoms with E-state index in [0.29, 0.717) is 18.5 Å². The van der Waals surface area contributed by atoms with Crippen LogP contribution in [0, 0.1) is 0 Å². The Morgan fingerprint density at radius 2 is 2.06 bits per heavy atom. The number of anilines is 1. The quantitative estimate of drug-likeness (QED) is 0.777. The number of benzene rings is 1. The monoisotopic (exact) mass is 268 g/mol. The van der Waals surface area contributed by atoms with E-state index in [0.717, 1.165) is 6.42 Å². The van der Waals surface area contributed by atoms with Crippen molar-refractivity contribution < 1.29 is 14.7 Å². The van der Waals surface area contributed by atoms with Gasteiger partial charge in [-0.05, 0) is 31.4 Å². The molecular formula is C12H13ClN2O3. The van der Waals surface area contributed by atoms with Crippen LogP contribution in [-0.4, -0.2) is 22.5 Å². The summed E-state index contributed by atoms with van der Waals surface area (Å²) in [6.07, 6.45) is 1.88. The van der Waals surface area contributed by atoms with Gasteiger partial charge in [0.1, 0.15) is 5.54 Å². The summed E-state index contributed by atoms with van der Waals surface area (Å²) in [5.41, 5.74) is 4.76. The molecule has 6 heteroatoms. The van der Waals surface area contributed by atoms with Gasteiger partial charge < -0.3 is 16.2 Å². The van der Waals surface area contributed by atoms with Crippen molar-refractivity contribution in [3.8, 4) is 0 Å². The Bertz CT molecular complexity index is 512. The Kier molecular flexibility index (Phi) is 3.17. The second-order valence-corrected chi connectivity index (χ2v) is 4.80. The lowest BCUT2D eigenvalue weighted by atomic mass is 9.76. The summed E-state index contributed by atoms with van der Waals surface area (Å²) in [6, 6.07) is 4.79. The number of carbonyl (C=O) groups is 2. The lowest BCUT2D eigenvalue weighted by Crippen LogP contribution is -2.52. The maximum atomic E-state index is 11.4. The summed E-state index contributed by atoms with van der Waals surface area (Å²) in [6.45, 7) is 0. The molecule has 18 heavy (non-hydrogen) atoms. The third kappa shape index (κ3) is 2.01. The predicted molar refractivity (Wildman–Crippen MR) is 67.8 cm³/mol. The normalized spacial score (nSPS) is 16.7. The number of amides is 1. The number of hydrogen-bond acceptors (Lipinski definition) is 3. The van der Waals surface area contributed by atoms with Crippen molar-refractivity contribution >= 4 is 29.2 Å². The molecule has 2 rings (SSSR count). The highest BCUT2D eigenvalue weighted by atomic mass is 35.5. The summed E-state index contributed by atoms with van der Waals surface area (Å²) < 4.78 is 0. The van der Waals surface area contributed by atoms with Crippen LogP contribution < -0.4 is 11.1 Å². The Morgan fingerprint density at radius 3 is 2.50 bits per heavy atom. The van der Waals surface area contributed by atoms with E-state index in [9.17, 15) is 14.7 Å². The van der Waals surface area contributed by atoms with E-state index in [1.165, 1.54) is 0 Å². The average Bonchev–Trinajstić information content (AvgIpc) is 2.22. The van der Waals surface area contributed by atoms with E-state index in [1.807, 2.05) is 0 Å². The molecule has 0 unspecified atom stereocenters. The second kappa shape index (κ2) is 4.49. The molecule has 1 aromatic carbocycles. The van der Waals surface area contributed by atoms with Crippen molar-refractivity contribution in [2.45, 2.75) is 24.8 Å². The number of hydrogen-bond donors (Lipinski definition) is 3. The van der Waals surface area contributed by atoms with Crippen molar-refractivity contribution in [2.75, 3.05) is 5.32 Å². The van der Waals surface area contributed by atoms with Gasteiger partial charge in [-0.25, -0.2) is 4.79 Å². The number of carbonyl (C=O) groups excluding carboxylic acids is 1. The number of primary amides is 1. The number of nitrogens with two attached hydrogens (primary N) is 1. The van der Waals surface area contributed by atoms with Gasteiger partial charge in [-0.15, -0.1) is 0 Å². The van der Waals surface area contributed by atoms with Crippen LogP contribution in [0.1, 0.15) is 29.6 Å². The van der Waals surface area contributed by atoms with Crippen molar-refractivity contribution in [1.29, 1.82) is 0 Å². The van der Waals surface area contributed by atoms with Crippen LogP contribution in [0.4, 0.5) is 5.69 Å². The first-order valence-corrected chi connectivity index (χ1v) is 5.94. The van der Waals surface area contributed by atoms with Gasteiger partial charge in [0.2, 0.25) is 0 Å². The molecule has 0 radical (unpaired) electrons. The molecule has 0 saturated heterocycles. The summed E-state index contributed by atoms with van der Waals surface area (Å²) in [5, 5.41) is 12.3. The van der Waals surface area contributed by atoms with Gasteiger partial charge in [-0.3, -0.25) is 4.79 Å². The third-order valence-electron chi connectivity index (χ3n) is 3.25. The summed E-state index contributed by atoms with van der Waals surface area (Å²) in [7, 11) is 0. The summed E-state index contributed by atoms with van der Waals surface area (Å²) in [4.78, 5) is 22.6. The van der Waals surface area contributed by atoms with Gasteiger partial charge in [-0.2, -0.15) is 0 Å². The minimum atomic E-state index is -1.01. The number of halogens is 1. The van der Waals surface area contributed by atoms with E-state index >= 15 is 0 Å². The van der Waals surface area contributed by atoms with Gasteiger partial charge in [0.25, 0.3) is 5.91 Å². The first-order chi connectivity index (χ1) is 8.46. The van der Waals surface area contributed by atoms with Crippen LogP contribution in [0.3, 0.4) is 0 Å². The van der Waals surface area contributed by atoms with Gasteiger partial charge in [0, 0.05) is 5.69 Å². The Morgan fingerprint density at radius 1 is 1.39 bits per heavy atom. The minimum absolute atomic E-state index is 0.131. The molecule has 1 fully saturated rings. The first kappa shape index (κ1) is 12.7. The first-order valence-electron chi connectivity index (χ1n) is 5.56. The zero-order valence-corrected chi connectivity index (χ0v) is 10.3. The zero-order chi connectivity index (χ0) is 13.3. The molecule has 4 N–H and O–H groups in total. The van der Waals surface area contributed by atoms with E-state index in [4.69, 9.17) is 17.3 Å². The smallest absolute Gasteiger partial charge is 0.329 e.